The molecule has 0 saturated heterocycles. The van der Waals surface area contributed by atoms with E-state index in [0.29, 0.717) is 5.95 Å². The molecule has 0 aliphatic heterocycles. The summed E-state index contributed by atoms with van der Waals surface area (Å²) in [4.78, 5) is 4.38. The molecule has 0 aliphatic rings. The molecule has 0 aliphatic carbocycles. The molecule has 0 fully saturated rings. The van der Waals surface area contributed by atoms with Crippen LogP contribution >= 0.6 is 0 Å². The van der Waals surface area contributed by atoms with Crippen LogP contribution in [0.5, 0.6) is 0 Å². The SMILES string of the molecule is Cc1cccc(Cc2nc(N)n(C)c2C)c1. The van der Waals surface area contributed by atoms with Gasteiger partial charge in [-0.1, -0.05) is 29.8 Å². The zero-order chi connectivity index (χ0) is 11.7. The number of anilines is 1. The summed E-state index contributed by atoms with van der Waals surface area (Å²) in [6.45, 7) is 4.15. The molecule has 0 saturated carbocycles. The summed E-state index contributed by atoms with van der Waals surface area (Å²) < 4.78 is 1.92. The predicted octanol–water partition coefficient (Wildman–Crippen LogP) is 2.21. The average molecular weight is 215 g/mol. The maximum atomic E-state index is 5.78. The first-order valence-corrected chi connectivity index (χ1v) is 5.41. The Morgan fingerprint density at radius 2 is 2.06 bits per heavy atom. The highest BCUT2D eigenvalue weighted by Crippen LogP contribution is 2.15. The van der Waals surface area contributed by atoms with E-state index in [2.05, 4.69) is 43.1 Å². The lowest BCUT2D eigenvalue weighted by Gasteiger charge is -2.02. The molecule has 2 aromatic rings. The van der Waals surface area contributed by atoms with Crippen molar-refractivity contribution in [1.82, 2.24) is 9.55 Å². The maximum absolute atomic E-state index is 5.78. The lowest BCUT2D eigenvalue weighted by atomic mass is 10.1. The first kappa shape index (κ1) is 10.7. The number of nitrogens with two attached hydrogens (primary N) is 1. The fraction of sp³-hybridized carbons (Fsp3) is 0.308. The van der Waals surface area contributed by atoms with Crippen molar-refractivity contribution in [3.63, 3.8) is 0 Å². The molecule has 2 rings (SSSR count). The van der Waals surface area contributed by atoms with E-state index in [4.69, 9.17) is 5.73 Å². The van der Waals surface area contributed by atoms with Gasteiger partial charge in [-0.15, -0.1) is 0 Å². The second kappa shape index (κ2) is 4.00. The summed E-state index contributed by atoms with van der Waals surface area (Å²) in [5.41, 5.74) is 10.5. The molecule has 3 heteroatoms. The number of benzene rings is 1. The standard InChI is InChI=1S/C13H17N3/c1-9-5-4-6-11(7-9)8-12-10(2)16(3)13(14)15-12/h4-7H,8H2,1-3H3,(H2,14,15). The second-order valence-electron chi connectivity index (χ2n) is 4.23. The maximum Gasteiger partial charge on any atom is 0.200 e. The third kappa shape index (κ3) is 1.94. The van der Waals surface area contributed by atoms with E-state index in [1.54, 1.807) is 0 Å². The van der Waals surface area contributed by atoms with Gasteiger partial charge in [0.1, 0.15) is 0 Å². The van der Waals surface area contributed by atoms with Gasteiger partial charge < -0.3 is 10.3 Å². The van der Waals surface area contributed by atoms with Gasteiger partial charge in [0, 0.05) is 19.2 Å². The van der Waals surface area contributed by atoms with Crippen LogP contribution in [0.4, 0.5) is 5.95 Å². The van der Waals surface area contributed by atoms with Crippen LogP contribution in [0.25, 0.3) is 0 Å². The average Bonchev–Trinajstić information content (AvgIpc) is 2.47. The van der Waals surface area contributed by atoms with Crippen molar-refractivity contribution in [3.8, 4) is 0 Å². The van der Waals surface area contributed by atoms with Gasteiger partial charge in [0.2, 0.25) is 0 Å². The first-order chi connectivity index (χ1) is 7.58. The Balaban J connectivity index is 2.30. The molecule has 0 radical (unpaired) electrons. The predicted molar refractivity (Wildman–Crippen MR) is 66.3 cm³/mol. The third-order valence-electron chi connectivity index (χ3n) is 2.97. The van der Waals surface area contributed by atoms with E-state index in [1.165, 1.54) is 11.1 Å². The molecule has 0 unspecified atom stereocenters. The molecular formula is C13H17N3. The van der Waals surface area contributed by atoms with E-state index in [0.717, 1.165) is 17.8 Å². The van der Waals surface area contributed by atoms with Crippen LogP contribution in [0.2, 0.25) is 0 Å². The van der Waals surface area contributed by atoms with Crippen molar-refractivity contribution in [2.45, 2.75) is 20.3 Å². The number of nitrogens with zero attached hydrogens (tertiary/aromatic N) is 2. The van der Waals surface area contributed by atoms with Crippen LogP contribution in [-0.2, 0) is 13.5 Å². The third-order valence-corrected chi connectivity index (χ3v) is 2.97. The summed E-state index contributed by atoms with van der Waals surface area (Å²) >= 11 is 0. The minimum absolute atomic E-state index is 0.583. The fourth-order valence-electron chi connectivity index (χ4n) is 1.84. The van der Waals surface area contributed by atoms with Gasteiger partial charge in [-0.05, 0) is 19.4 Å². The number of aryl methyl sites for hydroxylation is 1. The van der Waals surface area contributed by atoms with Crippen molar-refractivity contribution in [3.05, 3.63) is 46.8 Å². The van der Waals surface area contributed by atoms with E-state index in [-0.39, 0.29) is 0 Å². The van der Waals surface area contributed by atoms with Gasteiger partial charge in [-0.3, -0.25) is 0 Å². The Kier molecular flexibility index (Phi) is 2.69. The van der Waals surface area contributed by atoms with E-state index >= 15 is 0 Å². The molecule has 3 nitrogen and oxygen atoms in total. The second-order valence-corrected chi connectivity index (χ2v) is 4.23. The molecule has 84 valence electrons. The van der Waals surface area contributed by atoms with Crippen LogP contribution in [0, 0.1) is 13.8 Å². The lowest BCUT2D eigenvalue weighted by Crippen LogP contribution is -1.98. The largest absolute Gasteiger partial charge is 0.369 e. The fourth-order valence-corrected chi connectivity index (χ4v) is 1.84. The summed E-state index contributed by atoms with van der Waals surface area (Å²) in [6, 6.07) is 8.48. The molecular weight excluding hydrogens is 198 g/mol. The molecule has 16 heavy (non-hydrogen) atoms. The Bertz CT molecular complexity index is 512. The molecule has 2 N–H and O–H groups in total. The number of aromatic nitrogens is 2. The summed E-state index contributed by atoms with van der Waals surface area (Å²) in [6.07, 6.45) is 0.846. The highest BCUT2D eigenvalue weighted by atomic mass is 15.1. The van der Waals surface area contributed by atoms with Crippen molar-refractivity contribution in [2.75, 3.05) is 5.73 Å². The van der Waals surface area contributed by atoms with Gasteiger partial charge in [0.25, 0.3) is 0 Å². The quantitative estimate of drug-likeness (QED) is 0.834. The van der Waals surface area contributed by atoms with Gasteiger partial charge >= 0.3 is 0 Å². The lowest BCUT2D eigenvalue weighted by molar-refractivity contribution is 0.881. The minimum atomic E-state index is 0.583. The molecule has 0 spiro atoms. The van der Waals surface area contributed by atoms with Crippen LogP contribution in [-0.4, -0.2) is 9.55 Å². The van der Waals surface area contributed by atoms with Gasteiger partial charge in [0.15, 0.2) is 5.95 Å². The zero-order valence-electron chi connectivity index (χ0n) is 9.99. The Hall–Kier alpha value is -1.77. The molecule has 1 aromatic heterocycles. The Morgan fingerprint density at radius 3 is 2.62 bits per heavy atom. The molecule has 1 aromatic carbocycles. The van der Waals surface area contributed by atoms with Crippen LogP contribution < -0.4 is 5.73 Å². The van der Waals surface area contributed by atoms with Gasteiger partial charge in [-0.2, -0.15) is 0 Å². The molecule has 0 atom stereocenters. The monoisotopic (exact) mass is 215 g/mol. The number of hydrogen-bond donors (Lipinski definition) is 1. The Labute approximate surface area is 95.9 Å². The highest BCUT2D eigenvalue weighted by Gasteiger charge is 2.08. The Morgan fingerprint density at radius 1 is 1.31 bits per heavy atom. The summed E-state index contributed by atoms with van der Waals surface area (Å²) in [5.74, 6) is 0.583. The highest BCUT2D eigenvalue weighted by molar-refractivity contribution is 5.33. The number of imidazole rings is 1. The topological polar surface area (TPSA) is 43.8 Å². The van der Waals surface area contributed by atoms with E-state index < -0.39 is 0 Å². The summed E-state index contributed by atoms with van der Waals surface area (Å²) in [7, 11) is 1.94. The van der Waals surface area contributed by atoms with Gasteiger partial charge in [-0.25, -0.2) is 4.98 Å². The van der Waals surface area contributed by atoms with Crippen LogP contribution in [0.3, 0.4) is 0 Å². The number of rotatable bonds is 2. The smallest absolute Gasteiger partial charge is 0.200 e. The van der Waals surface area contributed by atoms with Crippen molar-refractivity contribution in [2.24, 2.45) is 7.05 Å². The summed E-state index contributed by atoms with van der Waals surface area (Å²) in [5, 5.41) is 0. The van der Waals surface area contributed by atoms with Crippen LogP contribution in [0.15, 0.2) is 24.3 Å². The normalized spacial score (nSPS) is 10.7. The van der Waals surface area contributed by atoms with E-state index in [1.807, 2.05) is 11.6 Å². The van der Waals surface area contributed by atoms with Crippen LogP contribution in [0.1, 0.15) is 22.5 Å². The zero-order valence-corrected chi connectivity index (χ0v) is 9.99. The number of nitrogen functional groups attached to an aromatic ring is 1. The van der Waals surface area contributed by atoms with E-state index in [9.17, 15) is 0 Å². The van der Waals surface area contributed by atoms with Crippen molar-refractivity contribution < 1.29 is 0 Å². The van der Waals surface area contributed by atoms with Gasteiger partial charge in [0.05, 0.1) is 5.69 Å². The number of hydrogen-bond acceptors (Lipinski definition) is 2. The molecule has 0 amide bonds. The van der Waals surface area contributed by atoms with Crippen molar-refractivity contribution in [1.29, 1.82) is 0 Å². The first-order valence-electron chi connectivity index (χ1n) is 5.41. The molecule has 0 bridgehead atoms. The molecule has 1 heterocycles. The van der Waals surface area contributed by atoms with Crippen molar-refractivity contribution >= 4 is 5.95 Å². The minimum Gasteiger partial charge on any atom is -0.369 e.